The highest BCUT2D eigenvalue weighted by molar-refractivity contribution is 7.15. The molecule has 8 heteroatoms. The molecule has 2 heterocycles. The van der Waals surface area contributed by atoms with E-state index in [1.165, 1.54) is 0 Å². The lowest BCUT2D eigenvalue weighted by Crippen LogP contribution is -2.11. The molecule has 28 heavy (non-hydrogen) atoms. The maximum atomic E-state index is 12.3. The number of para-hydroxylation sites is 1. The second kappa shape index (κ2) is 8.14. The predicted molar refractivity (Wildman–Crippen MR) is 113 cm³/mol. The van der Waals surface area contributed by atoms with Gasteiger partial charge in [0.1, 0.15) is 12.4 Å². The topological polar surface area (TPSA) is 64.1 Å². The smallest absolute Gasteiger partial charge is 0.286 e. The Morgan fingerprint density at radius 1 is 1.14 bits per heavy atom. The van der Waals surface area contributed by atoms with Gasteiger partial charge in [0.15, 0.2) is 5.01 Å². The van der Waals surface area contributed by atoms with Crippen molar-refractivity contribution in [1.29, 1.82) is 0 Å². The van der Waals surface area contributed by atoms with E-state index in [0.717, 1.165) is 28.2 Å². The molecule has 0 saturated carbocycles. The fourth-order valence-corrected chi connectivity index (χ4v) is 3.71. The van der Waals surface area contributed by atoms with Crippen molar-refractivity contribution in [2.45, 2.75) is 0 Å². The molecule has 140 valence electrons. The van der Waals surface area contributed by atoms with Gasteiger partial charge in [-0.3, -0.25) is 4.79 Å². The lowest BCUT2D eigenvalue weighted by Gasteiger charge is -2.16. The molecule has 0 spiro atoms. The van der Waals surface area contributed by atoms with Gasteiger partial charge in [-0.05, 0) is 48.1 Å². The van der Waals surface area contributed by atoms with Gasteiger partial charge in [0.25, 0.3) is 5.91 Å². The second-order valence-corrected chi connectivity index (χ2v) is 7.74. The van der Waals surface area contributed by atoms with Crippen molar-refractivity contribution in [3.8, 4) is 5.75 Å². The van der Waals surface area contributed by atoms with E-state index in [0.29, 0.717) is 27.4 Å². The number of rotatable bonds is 4. The van der Waals surface area contributed by atoms with Gasteiger partial charge >= 0.3 is 0 Å². The molecule has 0 aliphatic carbocycles. The van der Waals surface area contributed by atoms with E-state index in [-0.39, 0.29) is 10.9 Å². The minimum absolute atomic E-state index is 0.233. The third-order valence-corrected chi connectivity index (χ3v) is 5.46. The van der Waals surface area contributed by atoms with Crippen LogP contribution in [-0.4, -0.2) is 22.7 Å². The molecule has 1 amide bonds. The first-order chi connectivity index (χ1) is 13.6. The van der Waals surface area contributed by atoms with E-state index >= 15 is 0 Å². The summed E-state index contributed by atoms with van der Waals surface area (Å²) in [6.07, 6.45) is 3.71. The van der Waals surface area contributed by atoms with Crippen molar-refractivity contribution >= 4 is 57.2 Å². The zero-order chi connectivity index (χ0) is 19.5. The van der Waals surface area contributed by atoms with E-state index < -0.39 is 0 Å². The van der Waals surface area contributed by atoms with Crippen molar-refractivity contribution in [3.05, 3.63) is 80.8 Å². The van der Waals surface area contributed by atoms with Gasteiger partial charge < -0.3 is 10.1 Å². The number of amides is 1. The highest BCUT2D eigenvalue weighted by Crippen LogP contribution is 2.31. The fourth-order valence-electron chi connectivity index (χ4n) is 2.59. The van der Waals surface area contributed by atoms with Gasteiger partial charge in [0.05, 0.1) is 5.03 Å². The van der Waals surface area contributed by atoms with Crippen molar-refractivity contribution in [2.75, 3.05) is 11.9 Å². The van der Waals surface area contributed by atoms with Crippen LogP contribution < -0.4 is 10.1 Å². The summed E-state index contributed by atoms with van der Waals surface area (Å²) in [7, 11) is 0. The van der Waals surface area contributed by atoms with Crippen LogP contribution in [0, 0.1) is 0 Å². The average Bonchev–Trinajstić information content (AvgIpc) is 3.19. The average molecular weight is 430 g/mol. The minimum atomic E-state index is -0.330. The molecule has 1 aliphatic rings. The maximum Gasteiger partial charge on any atom is 0.286 e. The van der Waals surface area contributed by atoms with E-state index in [4.69, 9.17) is 27.9 Å². The number of carbonyl (C=O) groups excluding carboxylic acids is 1. The van der Waals surface area contributed by atoms with E-state index in [9.17, 15) is 4.79 Å². The zero-order valence-corrected chi connectivity index (χ0v) is 16.7. The van der Waals surface area contributed by atoms with Gasteiger partial charge in [-0.25, -0.2) is 0 Å². The number of anilines is 1. The summed E-state index contributed by atoms with van der Waals surface area (Å²) in [5, 5.41) is 12.4. The number of ether oxygens (including phenoxy) is 1. The molecule has 1 aromatic heterocycles. The van der Waals surface area contributed by atoms with Gasteiger partial charge in [0.2, 0.25) is 5.01 Å². The van der Waals surface area contributed by atoms with Gasteiger partial charge in [-0.1, -0.05) is 52.7 Å². The summed E-state index contributed by atoms with van der Waals surface area (Å²) in [5.74, 6) is 0.441. The number of halogens is 2. The molecule has 5 nitrogen and oxygen atoms in total. The van der Waals surface area contributed by atoms with Crippen molar-refractivity contribution in [3.63, 3.8) is 0 Å². The molecule has 3 aromatic rings. The van der Waals surface area contributed by atoms with Crippen LogP contribution in [0.2, 0.25) is 5.02 Å². The van der Waals surface area contributed by atoms with Crippen LogP contribution in [0.4, 0.5) is 5.69 Å². The Kier molecular flexibility index (Phi) is 5.43. The molecule has 2 aromatic carbocycles. The molecular weight excluding hydrogens is 417 g/mol. The van der Waals surface area contributed by atoms with Crippen LogP contribution in [0.25, 0.3) is 11.1 Å². The number of hydrogen-bond donors (Lipinski definition) is 1. The molecule has 0 unspecified atom stereocenters. The lowest BCUT2D eigenvalue weighted by molar-refractivity contribution is 0.102. The SMILES string of the molecule is O=C(Nc1ccccc1)c1nnc(/C(Cl)=C\C2=Cc3cc(Cl)ccc3OC2)s1. The Balaban J connectivity index is 1.51. The van der Waals surface area contributed by atoms with Crippen molar-refractivity contribution in [1.82, 2.24) is 10.2 Å². The largest absolute Gasteiger partial charge is 0.488 e. The van der Waals surface area contributed by atoms with Crippen molar-refractivity contribution in [2.24, 2.45) is 0 Å². The molecule has 4 rings (SSSR count). The lowest BCUT2D eigenvalue weighted by atomic mass is 10.1. The van der Waals surface area contributed by atoms with E-state index in [2.05, 4.69) is 15.5 Å². The molecule has 0 bridgehead atoms. The Hall–Kier alpha value is -2.67. The van der Waals surface area contributed by atoms with Gasteiger partial charge in [-0.15, -0.1) is 10.2 Å². The number of hydrogen-bond acceptors (Lipinski definition) is 5. The molecule has 0 saturated heterocycles. The summed E-state index contributed by atoms with van der Waals surface area (Å²) >= 11 is 13.5. The summed E-state index contributed by atoms with van der Waals surface area (Å²) in [6, 6.07) is 14.6. The molecule has 0 fully saturated rings. The summed E-state index contributed by atoms with van der Waals surface area (Å²) in [6.45, 7) is 0.380. The van der Waals surface area contributed by atoms with Crippen LogP contribution >= 0.6 is 34.5 Å². The van der Waals surface area contributed by atoms with Crippen LogP contribution in [0.5, 0.6) is 5.75 Å². The van der Waals surface area contributed by atoms with Crippen LogP contribution in [0.3, 0.4) is 0 Å². The Morgan fingerprint density at radius 3 is 2.75 bits per heavy atom. The van der Waals surface area contributed by atoms with Crippen molar-refractivity contribution < 1.29 is 9.53 Å². The minimum Gasteiger partial charge on any atom is -0.488 e. The highest BCUT2D eigenvalue weighted by Gasteiger charge is 2.16. The first-order valence-corrected chi connectivity index (χ1v) is 9.86. The summed E-state index contributed by atoms with van der Waals surface area (Å²) < 4.78 is 5.71. The maximum absolute atomic E-state index is 12.3. The quantitative estimate of drug-likeness (QED) is 0.594. The van der Waals surface area contributed by atoms with Gasteiger partial charge in [-0.2, -0.15) is 0 Å². The molecule has 1 aliphatic heterocycles. The van der Waals surface area contributed by atoms with Crippen LogP contribution in [0.1, 0.15) is 20.4 Å². The highest BCUT2D eigenvalue weighted by atomic mass is 35.5. The molecule has 0 radical (unpaired) electrons. The first-order valence-electron chi connectivity index (χ1n) is 8.29. The monoisotopic (exact) mass is 429 g/mol. The first kappa shape index (κ1) is 18.7. The third-order valence-electron chi connectivity index (χ3n) is 3.87. The van der Waals surface area contributed by atoms with Crippen LogP contribution in [-0.2, 0) is 0 Å². The third kappa shape index (κ3) is 4.25. The predicted octanol–water partition coefficient (Wildman–Crippen LogP) is 5.50. The Labute approximate surface area is 175 Å². The Bertz CT molecular complexity index is 1090. The van der Waals surface area contributed by atoms with Gasteiger partial charge in [0, 0.05) is 16.3 Å². The molecule has 1 N–H and O–H groups in total. The number of benzene rings is 2. The molecular formula is C20H13Cl2N3O2S. The molecule has 0 atom stereocenters. The van der Waals surface area contributed by atoms with Crippen LogP contribution in [0.15, 0.2) is 60.2 Å². The summed E-state index contributed by atoms with van der Waals surface area (Å²) in [4.78, 5) is 12.3. The number of nitrogens with one attached hydrogen (secondary N) is 1. The van der Waals surface area contributed by atoms with E-state index in [1.54, 1.807) is 24.3 Å². The fraction of sp³-hybridized carbons (Fsp3) is 0.0500. The number of fused-ring (bicyclic) bond motifs is 1. The zero-order valence-electron chi connectivity index (χ0n) is 14.4. The number of carbonyl (C=O) groups is 1. The number of aromatic nitrogens is 2. The second-order valence-electron chi connectivity index (χ2n) is 5.91. The summed E-state index contributed by atoms with van der Waals surface area (Å²) in [5.41, 5.74) is 2.44. The van der Waals surface area contributed by atoms with E-state index in [1.807, 2.05) is 36.4 Å². The Morgan fingerprint density at radius 2 is 1.93 bits per heavy atom. The standard InChI is InChI=1S/C20H13Cl2N3O2S/c21-14-6-7-17-13(10-14)8-12(11-27-17)9-16(22)19-24-25-20(28-19)18(26)23-15-4-2-1-3-5-15/h1-10H,11H2,(H,23,26)/b16-9+. The normalized spacial score (nSPS) is 13.4. The number of nitrogens with zero attached hydrogens (tertiary/aromatic N) is 2.